The Morgan fingerprint density at radius 2 is 0.780 bits per heavy atom. The number of aliphatic hydroxyl groups excluding tert-OH is 1. The summed E-state index contributed by atoms with van der Waals surface area (Å²) in [5.74, 6) is 0.281. The lowest BCUT2D eigenvalue weighted by molar-refractivity contribution is -0.152. The van der Waals surface area contributed by atoms with Crippen LogP contribution >= 0.6 is 0 Å². The van der Waals surface area contributed by atoms with E-state index >= 15 is 0 Å². The molecule has 41 heavy (non-hydrogen) atoms. The van der Waals surface area contributed by atoms with Crippen molar-refractivity contribution < 1.29 is 24.2 Å². The third kappa shape index (κ3) is 33.3. The normalized spacial score (nSPS) is 12.1. The second kappa shape index (κ2) is 31.8. The van der Waals surface area contributed by atoms with Crippen LogP contribution in [0.5, 0.6) is 0 Å². The SMILES string of the molecule is CCCCCCCCCCCCCCCC(=O)OC[C@@H](O)COC(=O)CCCCCCCCCCCCCC(C)C. The van der Waals surface area contributed by atoms with E-state index in [2.05, 4.69) is 20.8 Å². The van der Waals surface area contributed by atoms with Crippen LogP contribution in [0.3, 0.4) is 0 Å². The zero-order valence-corrected chi connectivity index (χ0v) is 27.7. The Hall–Kier alpha value is -1.10. The maximum Gasteiger partial charge on any atom is 0.305 e. The van der Waals surface area contributed by atoms with Gasteiger partial charge in [0.05, 0.1) is 0 Å². The molecule has 0 saturated heterocycles. The van der Waals surface area contributed by atoms with E-state index in [9.17, 15) is 14.7 Å². The van der Waals surface area contributed by atoms with Crippen molar-refractivity contribution in [1.29, 1.82) is 0 Å². The number of hydrogen-bond donors (Lipinski definition) is 1. The number of esters is 2. The van der Waals surface area contributed by atoms with Crippen molar-refractivity contribution in [2.45, 2.75) is 200 Å². The number of aliphatic hydroxyl groups is 1. The summed E-state index contributed by atoms with van der Waals surface area (Å²) in [5.41, 5.74) is 0. The molecule has 0 saturated carbocycles. The Morgan fingerprint density at radius 1 is 0.488 bits per heavy atom. The van der Waals surface area contributed by atoms with E-state index in [0.717, 1.165) is 31.6 Å². The van der Waals surface area contributed by atoms with E-state index in [-0.39, 0.29) is 25.2 Å². The van der Waals surface area contributed by atoms with Gasteiger partial charge in [-0.05, 0) is 18.8 Å². The Labute approximate surface area is 255 Å². The summed E-state index contributed by atoms with van der Waals surface area (Å²) in [6, 6.07) is 0. The predicted octanol–water partition coefficient (Wildman–Crippen LogP) is 10.6. The van der Waals surface area contributed by atoms with Gasteiger partial charge in [-0.15, -0.1) is 0 Å². The summed E-state index contributed by atoms with van der Waals surface area (Å²) in [7, 11) is 0. The Morgan fingerprint density at radius 3 is 1.10 bits per heavy atom. The van der Waals surface area contributed by atoms with Crippen LogP contribution in [-0.2, 0) is 19.1 Å². The van der Waals surface area contributed by atoms with Crippen molar-refractivity contribution in [2.75, 3.05) is 13.2 Å². The van der Waals surface area contributed by atoms with Gasteiger partial charge in [0, 0.05) is 12.8 Å². The van der Waals surface area contributed by atoms with Crippen LogP contribution in [0, 0.1) is 5.92 Å². The van der Waals surface area contributed by atoms with Crippen molar-refractivity contribution in [3.8, 4) is 0 Å². The van der Waals surface area contributed by atoms with Crippen LogP contribution in [0.1, 0.15) is 194 Å². The fourth-order valence-electron chi connectivity index (χ4n) is 5.27. The summed E-state index contributed by atoms with van der Waals surface area (Å²) >= 11 is 0. The van der Waals surface area contributed by atoms with Gasteiger partial charge in [0.15, 0.2) is 0 Å². The summed E-state index contributed by atoms with van der Waals surface area (Å²) in [6.45, 7) is 6.65. The minimum atomic E-state index is -0.954. The second-order valence-electron chi connectivity index (χ2n) is 12.8. The molecule has 0 fully saturated rings. The molecule has 0 unspecified atom stereocenters. The average molecular weight is 583 g/mol. The van der Waals surface area contributed by atoms with Crippen LogP contribution in [-0.4, -0.2) is 36.4 Å². The van der Waals surface area contributed by atoms with Crippen LogP contribution in [0.15, 0.2) is 0 Å². The van der Waals surface area contributed by atoms with Crippen molar-refractivity contribution in [1.82, 2.24) is 0 Å². The average Bonchev–Trinajstić information content (AvgIpc) is 2.95. The number of ether oxygens (including phenoxy) is 2. The maximum absolute atomic E-state index is 11.9. The number of unbranched alkanes of at least 4 members (excludes halogenated alkanes) is 22. The number of carbonyl (C=O) groups excluding carboxylic acids is 2. The molecule has 0 aromatic heterocycles. The molecule has 0 spiro atoms. The van der Waals surface area contributed by atoms with Crippen molar-refractivity contribution >= 4 is 11.9 Å². The molecule has 244 valence electrons. The van der Waals surface area contributed by atoms with E-state index in [0.29, 0.717) is 12.8 Å². The van der Waals surface area contributed by atoms with Crippen LogP contribution in [0.4, 0.5) is 0 Å². The van der Waals surface area contributed by atoms with E-state index in [1.807, 2.05) is 0 Å². The highest BCUT2D eigenvalue weighted by Gasteiger charge is 2.12. The van der Waals surface area contributed by atoms with Crippen molar-refractivity contribution in [3.05, 3.63) is 0 Å². The minimum absolute atomic E-state index is 0.109. The second-order valence-corrected chi connectivity index (χ2v) is 12.8. The molecule has 0 aliphatic carbocycles. The first-order valence-corrected chi connectivity index (χ1v) is 17.9. The molecule has 0 rings (SSSR count). The quantitative estimate of drug-likeness (QED) is 0.0631. The molecule has 0 heterocycles. The molecule has 5 heteroatoms. The lowest BCUT2D eigenvalue weighted by Gasteiger charge is -2.12. The molecule has 5 nitrogen and oxygen atoms in total. The molecular weight excluding hydrogens is 512 g/mol. The van der Waals surface area contributed by atoms with Crippen LogP contribution in [0.2, 0.25) is 0 Å². The standard InChI is InChI=1S/C36H70O5/c1-4-5-6-7-8-9-10-11-14-17-20-23-26-29-35(38)40-31-34(37)32-41-36(39)30-27-24-21-18-15-12-13-16-19-22-25-28-33(2)3/h33-34,37H,4-32H2,1-3H3/t34-/m1/s1. The summed E-state index contributed by atoms with van der Waals surface area (Å²) in [4.78, 5) is 23.8. The molecule has 0 bridgehead atoms. The minimum Gasteiger partial charge on any atom is -0.463 e. The molecule has 0 aromatic rings. The highest BCUT2D eigenvalue weighted by Crippen LogP contribution is 2.15. The van der Waals surface area contributed by atoms with Gasteiger partial charge in [0.25, 0.3) is 0 Å². The number of rotatable bonds is 32. The zero-order valence-electron chi connectivity index (χ0n) is 27.7. The van der Waals surface area contributed by atoms with E-state index in [4.69, 9.17) is 9.47 Å². The highest BCUT2D eigenvalue weighted by atomic mass is 16.6. The Bertz CT molecular complexity index is 562. The summed E-state index contributed by atoms with van der Waals surface area (Å²) in [5, 5.41) is 9.97. The predicted molar refractivity (Wildman–Crippen MR) is 173 cm³/mol. The third-order valence-electron chi connectivity index (χ3n) is 8.02. The van der Waals surface area contributed by atoms with E-state index in [1.165, 1.54) is 135 Å². The first-order valence-electron chi connectivity index (χ1n) is 17.9. The van der Waals surface area contributed by atoms with Crippen LogP contribution < -0.4 is 0 Å². The monoisotopic (exact) mass is 583 g/mol. The fraction of sp³-hybridized carbons (Fsp3) is 0.944. The smallest absolute Gasteiger partial charge is 0.305 e. The summed E-state index contributed by atoms with van der Waals surface area (Å²) in [6.07, 6.45) is 31.5. The van der Waals surface area contributed by atoms with Gasteiger partial charge in [0.1, 0.15) is 19.3 Å². The lowest BCUT2D eigenvalue weighted by atomic mass is 10.0. The first-order chi connectivity index (χ1) is 20.0. The molecular formula is C36H70O5. The molecule has 0 aliphatic rings. The largest absolute Gasteiger partial charge is 0.463 e. The number of hydrogen-bond acceptors (Lipinski definition) is 5. The van der Waals surface area contributed by atoms with Crippen LogP contribution in [0.25, 0.3) is 0 Å². The van der Waals surface area contributed by atoms with Crippen molar-refractivity contribution in [2.24, 2.45) is 5.92 Å². The maximum atomic E-state index is 11.9. The molecule has 0 amide bonds. The van der Waals surface area contributed by atoms with Gasteiger partial charge in [-0.3, -0.25) is 9.59 Å². The molecule has 1 atom stereocenters. The van der Waals surface area contributed by atoms with Gasteiger partial charge in [0.2, 0.25) is 0 Å². The Kier molecular flexibility index (Phi) is 31.0. The fourth-order valence-corrected chi connectivity index (χ4v) is 5.27. The van der Waals surface area contributed by atoms with E-state index in [1.54, 1.807) is 0 Å². The van der Waals surface area contributed by atoms with Gasteiger partial charge in [-0.25, -0.2) is 0 Å². The summed E-state index contributed by atoms with van der Waals surface area (Å²) < 4.78 is 10.3. The van der Waals surface area contributed by atoms with E-state index < -0.39 is 6.10 Å². The van der Waals surface area contributed by atoms with Crippen molar-refractivity contribution in [3.63, 3.8) is 0 Å². The molecule has 0 aromatic carbocycles. The van der Waals surface area contributed by atoms with Gasteiger partial charge >= 0.3 is 11.9 Å². The number of carbonyl (C=O) groups is 2. The molecule has 0 aliphatic heterocycles. The van der Waals surface area contributed by atoms with Gasteiger partial charge in [-0.2, -0.15) is 0 Å². The van der Waals surface area contributed by atoms with Gasteiger partial charge in [-0.1, -0.05) is 168 Å². The Balaban J connectivity index is 3.40. The topological polar surface area (TPSA) is 72.8 Å². The zero-order chi connectivity index (χ0) is 30.2. The lowest BCUT2D eigenvalue weighted by Crippen LogP contribution is -2.25. The first kappa shape index (κ1) is 39.9. The highest BCUT2D eigenvalue weighted by molar-refractivity contribution is 5.69. The molecule has 1 N–H and O–H groups in total. The molecule has 0 radical (unpaired) electrons. The van der Waals surface area contributed by atoms with Gasteiger partial charge < -0.3 is 14.6 Å². The third-order valence-corrected chi connectivity index (χ3v) is 8.02.